The molecule has 1 aromatic heterocycles. The quantitative estimate of drug-likeness (QED) is 0.726. The van der Waals surface area contributed by atoms with Crippen LogP contribution in [-0.2, 0) is 4.79 Å². The molecule has 0 aliphatic heterocycles. The lowest BCUT2D eigenvalue weighted by Crippen LogP contribution is -2.35. The molecule has 4 nitrogen and oxygen atoms in total. The zero-order valence-corrected chi connectivity index (χ0v) is 8.73. The molecule has 0 saturated carbocycles. The summed E-state index contributed by atoms with van der Waals surface area (Å²) in [7, 11) is 0. The number of carbonyl (C=O) groups is 1. The van der Waals surface area contributed by atoms with E-state index in [9.17, 15) is 4.79 Å². The number of nitrogens with two attached hydrogens (primary N) is 1. The topological polar surface area (TPSA) is 68.0 Å². The van der Waals surface area contributed by atoms with Crippen molar-refractivity contribution in [3.05, 3.63) is 36.7 Å². The van der Waals surface area contributed by atoms with Gasteiger partial charge in [-0.1, -0.05) is 6.08 Å². The number of carbonyl (C=O) groups excluding carboxylic acids is 1. The third-order valence-corrected chi connectivity index (χ3v) is 2.02. The molecule has 0 fully saturated rings. The van der Waals surface area contributed by atoms with Crippen LogP contribution in [0, 0.1) is 6.92 Å². The van der Waals surface area contributed by atoms with Crippen LogP contribution in [0.3, 0.4) is 0 Å². The summed E-state index contributed by atoms with van der Waals surface area (Å²) in [5.41, 5.74) is 7.09. The predicted octanol–water partition coefficient (Wildman–Crippen LogP) is 1.23. The van der Waals surface area contributed by atoms with Gasteiger partial charge in [0.15, 0.2) is 0 Å². The van der Waals surface area contributed by atoms with Crippen LogP contribution in [-0.4, -0.2) is 16.9 Å². The third kappa shape index (κ3) is 3.18. The first-order chi connectivity index (χ1) is 7.15. The van der Waals surface area contributed by atoms with Gasteiger partial charge in [0.2, 0.25) is 5.91 Å². The summed E-state index contributed by atoms with van der Waals surface area (Å²) in [6, 6.07) is 3.00. The minimum Gasteiger partial charge on any atom is -0.323 e. The highest BCUT2D eigenvalue weighted by Crippen LogP contribution is 2.10. The van der Waals surface area contributed by atoms with Gasteiger partial charge in [-0.25, -0.2) is 0 Å². The number of nitrogens with zero attached hydrogens (tertiary/aromatic N) is 1. The highest BCUT2D eigenvalue weighted by atomic mass is 16.2. The highest BCUT2D eigenvalue weighted by molar-refractivity contribution is 5.95. The molecule has 0 saturated heterocycles. The Bertz CT molecular complexity index is 363. The maximum Gasteiger partial charge on any atom is 0.241 e. The molecule has 1 aromatic rings. The lowest BCUT2D eigenvalue weighted by Gasteiger charge is -2.11. The van der Waals surface area contributed by atoms with Crippen molar-refractivity contribution in [3.8, 4) is 0 Å². The summed E-state index contributed by atoms with van der Waals surface area (Å²) < 4.78 is 0. The van der Waals surface area contributed by atoms with Crippen LogP contribution in [0.4, 0.5) is 5.69 Å². The molecule has 1 unspecified atom stereocenters. The fraction of sp³-hybridized carbons (Fsp3) is 0.273. The normalized spacial score (nSPS) is 11.9. The second-order valence-electron chi connectivity index (χ2n) is 3.26. The van der Waals surface area contributed by atoms with Crippen molar-refractivity contribution in [2.45, 2.75) is 19.4 Å². The summed E-state index contributed by atoms with van der Waals surface area (Å²) in [6.45, 7) is 5.36. The number of amides is 1. The average molecular weight is 205 g/mol. The number of aromatic nitrogens is 1. The number of anilines is 1. The number of pyridine rings is 1. The summed E-state index contributed by atoms with van der Waals surface area (Å²) >= 11 is 0. The predicted molar refractivity (Wildman–Crippen MR) is 60.4 cm³/mol. The molecule has 0 aliphatic carbocycles. The Hall–Kier alpha value is -1.68. The van der Waals surface area contributed by atoms with Gasteiger partial charge in [-0.05, 0) is 25.5 Å². The van der Waals surface area contributed by atoms with Crippen molar-refractivity contribution >= 4 is 11.6 Å². The van der Waals surface area contributed by atoms with E-state index in [0.29, 0.717) is 12.1 Å². The molecule has 0 aromatic carbocycles. The Morgan fingerprint density at radius 3 is 3.13 bits per heavy atom. The van der Waals surface area contributed by atoms with Crippen LogP contribution in [0.5, 0.6) is 0 Å². The van der Waals surface area contributed by atoms with Gasteiger partial charge in [-0.2, -0.15) is 0 Å². The first kappa shape index (κ1) is 11.4. The van der Waals surface area contributed by atoms with Crippen molar-refractivity contribution in [3.63, 3.8) is 0 Å². The van der Waals surface area contributed by atoms with E-state index in [1.54, 1.807) is 24.4 Å². The molecule has 15 heavy (non-hydrogen) atoms. The van der Waals surface area contributed by atoms with Gasteiger partial charge in [0.1, 0.15) is 0 Å². The summed E-state index contributed by atoms with van der Waals surface area (Å²) in [6.07, 6.45) is 3.76. The van der Waals surface area contributed by atoms with E-state index >= 15 is 0 Å². The zero-order valence-electron chi connectivity index (χ0n) is 8.73. The smallest absolute Gasteiger partial charge is 0.241 e. The minimum absolute atomic E-state index is 0.217. The molecule has 0 radical (unpaired) electrons. The molecule has 0 bridgehead atoms. The fourth-order valence-electron chi connectivity index (χ4n) is 1.13. The molecule has 0 spiro atoms. The van der Waals surface area contributed by atoms with Crippen LogP contribution in [0.2, 0.25) is 0 Å². The molecular weight excluding hydrogens is 190 g/mol. The van der Waals surface area contributed by atoms with E-state index in [0.717, 1.165) is 5.69 Å². The molecule has 80 valence electrons. The zero-order chi connectivity index (χ0) is 11.3. The molecule has 1 amide bonds. The van der Waals surface area contributed by atoms with Gasteiger partial charge < -0.3 is 11.1 Å². The third-order valence-electron chi connectivity index (χ3n) is 2.02. The maximum atomic E-state index is 11.5. The standard InChI is InChI=1S/C11H15N3O/c1-3-5-9(12)11(15)14-10-6-4-7-13-8(10)2/h3-4,6-7,9H,1,5,12H2,2H3,(H,14,15). The minimum atomic E-state index is -0.554. The monoisotopic (exact) mass is 205 g/mol. The number of aryl methyl sites for hydroxylation is 1. The van der Waals surface area contributed by atoms with E-state index in [4.69, 9.17) is 5.73 Å². The Labute approximate surface area is 89.2 Å². The Morgan fingerprint density at radius 2 is 2.53 bits per heavy atom. The SMILES string of the molecule is C=CCC(N)C(=O)Nc1cccnc1C. The number of rotatable bonds is 4. The summed E-state index contributed by atoms with van der Waals surface area (Å²) in [5.74, 6) is -0.217. The lowest BCUT2D eigenvalue weighted by atomic mass is 10.2. The van der Waals surface area contributed by atoms with Crippen molar-refractivity contribution in [2.24, 2.45) is 5.73 Å². The van der Waals surface area contributed by atoms with Crippen molar-refractivity contribution in [2.75, 3.05) is 5.32 Å². The second-order valence-corrected chi connectivity index (χ2v) is 3.26. The molecule has 3 N–H and O–H groups in total. The first-order valence-electron chi connectivity index (χ1n) is 4.74. The van der Waals surface area contributed by atoms with Crippen molar-refractivity contribution < 1.29 is 4.79 Å². The van der Waals surface area contributed by atoms with E-state index in [2.05, 4.69) is 16.9 Å². The summed E-state index contributed by atoms with van der Waals surface area (Å²) in [4.78, 5) is 15.6. The van der Waals surface area contributed by atoms with E-state index in [1.807, 2.05) is 6.92 Å². The highest BCUT2D eigenvalue weighted by Gasteiger charge is 2.12. The van der Waals surface area contributed by atoms with E-state index in [-0.39, 0.29) is 5.91 Å². The molecule has 4 heteroatoms. The molecule has 1 atom stereocenters. The van der Waals surface area contributed by atoms with Crippen LogP contribution >= 0.6 is 0 Å². The summed E-state index contributed by atoms with van der Waals surface area (Å²) in [5, 5.41) is 2.72. The van der Waals surface area contributed by atoms with Crippen LogP contribution in [0.1, 0.15) is 12.1 Å². The molecule has 0 aliphatic rings. The number of hydrogen-bond acceptors (Lipinski definition) is 3. The van der Waals surface area contributed by atoms with Gasteiger partial charge in [0.05, 0.1) is 17.4 Å². The Balaban J connectivity index is 2.66. The molecular formula is C11H15N3O. The van der Waals surface area contributed by atoms with Gasteiger partial charge in [-0.3, -0.25) is 9.78 Å². The van der Waals surface area contributed by atoms with Gasteiger partial charge >= 0.3 is 0 Å². The Morgan fingerprint density at radius 1 is 1.80 bits per heavy atom. The number of nitrogens with one attached hydrogen (secondary N) is 1. The molecule has 1 heterocycles. The van der Waals surface area contributed by atoms with E-state index in [1.165, 1.54) is 0 Å². The molecule has 1 rings (SSSR count). The van der Waals surface area contributed by atoms with Gasteiger partial charge in [0, 0.05) is 6.20 Å². The van der Waals surface area contributed by atoms with Gasteiger partial charge in [0.25, 0.3) is 0 Å². The fourth-order valence-corrected chi connectivity index (χ4v) is 1.13. The van der Waals surface area contributed by atoms with Crippen LogP contribution in [0.15, 0.2) is 31.0 Å². The van der Waals surface area contributed by atoms with Crippen molar-refractivity contribution in [1.29, 1.82) is 0 Å². The van der Waals surface area contributed by atoms with Crippen LogP contribution in [0.25, 0.3) is 0 Å². The van der Waals surface area contributed by atoms with Crippen LogP contribution < -0.4 is 11.1 Å². The van der Waals surface area contributed by atoms with Gasteiger partial charge in [-0.15, -0.1) is 6.58 Å². The van der Waals surface area contributed by atoms with E-state index < -0.39 is 6.04 Å². The van der Waals surface area contributed by atoms with Crippen molar-refractivity contribution in [1.82, 2.24) is 4.98 Å². The first-order valence-corrected chi connectivity index (χ1v) is 4.74. The largest absolute Gasteiger partial charge is 0.323 e. The average Bonchev–Trinajstić information content (AvgIpc) is 2.21. The maximum absolute atomic E-state index is 11.5. The lowest BCUT2D eigenvalue weighted by molar-refractivity contribution is -0.117. The second kappa shape index (κ2) is 5.26. The number of hydrogen-bond donors (Lipinski definition) is 2. The Kier molecular flexibility index (Phi) is 4.00.